The fraction of sp³-hybridized carbons (Fsp3) is 1.00. The van der Waals surface area contributed by atoms with Crippen molar-refractivity contribution in [3.05, 3.63) is 10.4 Å². The molecule has 1 fully saturated rings. The van der Waals surface area contributed by atoms with Gasteiger partial charge in [-0.25, -0.2) is 0 Å². The molecule has 4 atom stereocenters. The van der Waals surface area contributed by atoms with Gasteiger partial charge < -0.3 is 20.1 Å². The standard InChI is InChI=1S/C5H9N3O4/c6-8-7-2-1-12-5(11)4(10)3(2)9/h2-5,9-11H,1H2/t2-,3?,4-,5+/m0/s1. The highest BCUT2D eigenvalue weighted by atomic mass is 16.6. The molecular weight excluding hydrogens is 166 g/mol. The van der Waals surface area contributed by atoms with E-state index in [9.17, 15) is 5.11 Å². The van der Waals surface area contributed by atoms with Crippen molar-refractivity contribution >= 4 is 0 Å². The van der Waals surface area contributed by atoms with Crippen LogP contribution in [-0.4, -0.2) is 46.5 Å². The molecule has 1 aliphatic heterocycles. The smallest absolute Gasteiger partial charge is 0.183 e. The van der Waals surface area contributed by atoms with Crippen molar-refractivity contribution in [3.8, 4) is 0 Å². The molecule has 68 valence electrons. The molecular formula is C5H9N3O4. The Hall–Kier alpha value is -0.850. The Morgan fingerprint density at radius 3 is 2.58 bits per heavy atom. The zero-order chi connectivity index (χ0) is 9.14. The largest absolute Gasteiger partial charge is 0.390 e. The number of hydrogen-bond donors (Lipinski definition) is 3. The van der Waals surface area contributed by atoms with Crippen LogP contribution in [0.1, 0.15) is 0 Å². The first kappa shape index (κ1) is 9.24. The Labute approximate surface area is 67.8 Å². The lowest BCUT2D eigenvalue weighted by atomic mass is 10.0. The normalized spacial score (nSPS) is 41.9. The second-order valence-electron chi connectivity index (χ2n) is 2.48. The molecule has 12 heavy (non-hydrogen) atoms. The number of rotatable bonds is 1. The van der Waals surface area contributed by atoms with E-state index < -0.39 is 24.5 Å². The molecule has 0 amide bonds. The SMILES string of the molecule is [N-]=[N+]=N[C@H]1CO[C@@H](O)[C@@H](O)C1O. The average molecular weight is 175 g/mol. The lowest BCUT2D eigenvalue weighted by molar-refractivity contribution is -0.225. The maximum absolute atomic E-state index is 9.18. The first-order chi connectivity index (χ1) is 5.66. The average Bonchev–Trinajstić information content (AvgIpc) is 2.07. The third kappa shape index (κ3) is 1.66. The van der Waals surface area contributed by atoms with Gasteiger partial charge in [0, 0.05) is 4.91 Å². The van der Waals surface area contributed by atoms with Crippen molar-refractivity contribution in [2.24, 2.45) is 5.11 Å². The van der Waals surface area contributed by atoms with Crippen LogP contribution in [0, 0.1) is 0 Å². The molecule has 7 nitrogen and oxygen atoms in total. The summed E-state index contributed by atoms with van der Waals surface area (Å²) in [5.74, 6) is 0. The predicted octanol–water partition coefficient (Wildman–Crippen LogP) is -1.26. The summed E-state index contributed by atoms with van der Waals surface area (Å²) in [6.45, 7) is -0.0938. The highest BCUT2D eigenvalue weighted by Crippen LogP contribution is 2.15. The minimum absolute atomic E-state index is 0.0938. The van der Waals surface area contributed by atoms with Gasteiger partial charge in [0.25, 0.3) is 0 Å². The van der Waals surface area contributed by atoms with Crippen molar-refractivity contribution in [2.45, 2.75) is 24.5 Å². The van der Waals surface area contributed by atoms with Crippen LogP contribution < -0.4 is 0 Å². The van der Waals surface area contributed by atoms with Gasteiger partial charge in [-0.1, -0.05) is 5.11 Å². The zero-order valence-corrected chi connectivity index (χ0v) is 6.11. The molecule has 3 N–H and O–H groups in total. The maximum Gasteiger partial charge on any atom is 0.183 e. The summed E-state index contributed by atoms with van der Waals surface area (Å²) in [4.78, 5) is 2.46. The van der Waals surface area contributed by atoms with E-state index in [2.05, 4.69) is 14.8 Å². The monoisotopic (exact) mass is 175 g/mol. The van der Waals surface area contributed by atoms with Crippen molar-refractivity contribution < 1.29 is 20.1 Å². The second-order valence-corrected chi connectivity index (χ2v) is 2.48. The van der Waals surface area contributed by atoms with Crippen molar-refractivity contribution in [2.75, 3.05) is 6.61 Å². The number of ether oxygens (including phenoxy) is 1. The van der Waals surface area contributed by atoms with Gasteiger partial charge in [-0.2, -0.15) is 0 Å². The summed E-state index contributed by atoms with van der Waals surface area (Å²) in [5.41, 5.74) is 8.04. The van der Waals surface area contributed by atoms with Crippen LogP contribution in [-0.2, 0) is 4.74 Å². The van der Waals surface area contributed by atoms with Crippen LogP contribution >= 0.6 is 0 Å². The van der Waals surface area contributed by atoms with Gasteiger partial charge in [-0.3, -0.25) is 0 Å². The highest BCUT2D eigenvalue weighted by molar-refractivity contribution is 4.87. The number of aliphatic hydroxyl groups is 3. The fourth-order valence-electron chi connectivity index (χ4n) is 0.959. The van der Waals surface area contributed by atoms with E-state index >= 15 is 0 Å². The van der Waals surface area contributed by atoms with E-state index in [0.29, 0.717) is 0 Å². The first-order valence-corrected chi connectivity index (χ1v) is 3.37. The molecule has 0 aromatic heterocycles. The molecule has 7 heteroatoms. The van der Waals surface area contributed by atoms with E-state index in [1.54, 1.807) is 0 Å². The number of aliphatic hydroxyl groups excluding tert-OH is 3. The lowest BCUT2D eigenvalue weighted by Gasteiger charge is -2.32. The minimum Gasteiger partial charge on any atom is -0.390 e. The van der Waals surface area contributed by atoms with Crippen LogP contribution in [0.2, 0.25) is 0 Å². The van der Waals surface area contributed by atoms with Gasteiger partial charge in [0.15, 0.2) is 6.29 Å². The van der Waals surface area contributed by atoms with E-state index in [1.807, 2.05) is 0 Å². The minimum atomic E-state index is -1.42. The Balaban J connectivity index is 2.64. The number of hydrogen-bond acceptors (Lipinski definition) is 5. The molecule has 0 aliphatic carbocycles. The molecule has 1 aliphatic rings. The molecule has 0 saturated carbocycles. The van der Waals surface area contributed by atoms with Crippen LogP contribution in [0.4, 0.5) is 0 Å². The van der Waals surface area contributed by atoms with Crippen molar-refractivity contribution in [1.29, 1.82) is 0 Å². The molecule has 1 saturated heterocycles. The summed E-state index contributed by atoms with van der Waals surface area (Å²) in [6, 6.07) is -0.839. The fourth-order valence-corrected chi connectivity index (χ4v) is 0.959. The molecule has 0 bridgehead atoms. The van der Waals surface area contributed by atoms with Crippen LogP contribution in [0.3, 0.4) is 0 Å². The molecule has 0 spiro atoms. The van der Waals surface area contributed by atoms with E-state index in [4.69, 9.17) is 15.7 Å². The summed E-state index contributed by atoms with van der Waals surface area (Å²) in [5, 5.41) is 30.3. The Bertz CT molecular complexity index is 205. The van der Waals surface area contributed by atoms with E-state index in [-0.39, 0.29) is 6.61 Å². The number of azide groups is 1. The van der Waals surface area contributed by atoms with Gasteiger partial charge in [0.05, 0.1) is 18.8 Å². The number of nitrogens with zero attached hydrogens (tertiary/aromatic N) is 3. The van der Waals surface area contributed by atoms with Gasteiger partial charge >= 0.3 is 0 Å². The van der Waals surface area contributed by atoms with Gasteiger partial charge in [-0.15, -0.1) is 0 Å². The maximum atomic E-state index is 9.18. The third-order valence-corrected chi connectivity index (χ3v) is 1.67. The predicted molar refractivity (Wildman–Crippen MR) is 36.9 cm³/mol. The summed E-state index contributed by atoms with van der Waals surface area (Å²) in [7, 11) is 0. The van der Waals surface area contributed by atoms with Crippen molar-refractivity contribution in [3.63, 3.8) is 0 Å². The van der Waals surface area contributed by atoms with Gasteiger partial charge in [-0.05, 0) is 5.53 Å². The third-order valence-electron chi connectivity index (χ3n) is 1.67. The van der Waals surface area contributed by atoms with E-state index in [0.717, 1.165) is 0 Å². The van der Waals surface area contributed by atoms with Gasteiger partial charge in [0.2, 0.25) is 0 Å². The molecule has 1 heterocycles. The van der Waals surface area contributed by atoms with Crippen LogP contribution in [0.5, 0.6) is 0 Å². The Morgan fingerprint density at radius 1 is 1.33 bits per heavy atom. The summed E-state index contributed by atoms with van der Waals surface area (Å²) >= 11 is 0. The molecule has 1 unspecified atom stereocenters. The Kier molecular flexibility index (Phi) is 2.85. The van der Waals surface area contributed by atoms with E-state index in [1.165, 1.54) is 0 Å². The highest BCUT2D eigenvalue weighted by Gasteiger charge is 2.36. The topological polar surface area (TPSA) is 119 Å². The first-order valence-electron chi connectivity index (χ1n) is 3.37. The van der Waals surface area contributed by atoms with Gasteiger partial charge in [0.1, 0.15) is 6.10 Å². The van der Waals surface area contributed by atoms with Crippen LogP contribution in [0.15, 0.2) is 5.11 Å². The Morgan fingerprint density at radius 2 is 2.00 bits per heavy atom. The summed E-state index contributed by atoms with van der Waals surface area (Å²) < 4.78 is 4.61. The molecule has 0 aromatic rings. The summed E-state index contributed by atoms with van der Waals surface area (Å²) in [6.07, 6.45) is -4.11. The molecule has 1 rings (SSSR count). The van der Waals surface area contributed by atoms with Crippen molar-refractivity contribution in [1.82, 2.24) is 0 Å². The molecule has 0 radical (unpaired) electrons. The lowest BCUT2D eigenvalue weighted by Crippen LogP contribution is -2.51. The zero-order valence-electron chi connectivity index (χ0n) is 6.11. The quantitative estimate of drug-likeness (QED) is 0.261. The second kappa shape index (κ2) is 3.70. The van der Waals surface area contributed by atoms with Crippen LogP contribution in [0.25, 0.3) is 10.4 Å². The molecule has 0 aromatic carbocycles.